The molecule has 20 heavy (non-hydrogen) atoms. The van der Waals surface area contributed by atoms with Crippen LogP contribution in [0.1, 0.15) is 16.2 Å². The number of amides is 1. The van der Waals surface area contributed by atoms with Crippen molar-refractivity contribution in [2.45, 2.75) is 6.92 Å². The van der Waals surface area contributed by atoms with Crippen molar-refractivity contribution in [2.24, 2.45) is 0 Å². The van der Waals surface area contributed by atoms with Gasteiger partial charge in [-0.1, -0.05) is 17.7 Å². The first-order chi connectivity index (χ1) is 9.63. The van der Waals surface area contributed by atoms with Gasteiger partial charge in [-0.05, 0) is 43.3 Å². The van der Waals surface area contributed by atoms with E-state index in [1.807, 2.05) is 29.5 Å². The fourth-order valence-corrected chi connectivity index (χ4v) is 2.11. The van der Waals surface area contributed by atoms with E-state index >= 15 is 0 Å². The Kier molecular flexibility index (Phi) is 3.16. The van der Waals surface area contributed by atoms with Gasteiger partial charge in [0, 0.05) is 22.6 Å². The molecule has 0 aliphatic rings. The summed E-state index contributed by atoms with van der Waals surface area (Å²) in [6.45, 7) is 1.97. The van der Waals surface area contributed by atoms with Crippen molar-refractivity contribution in [3.05, 3.63) is 65.1 Å². The molecular formula is C15H12ClN3O. The lowest BCUT2D eigenvalue weighted by Crippen LogP contribution is -2.12. The molecule has 1 amide bonds. The van der Waals surface area contributed by atoms with Gasteiger partial charge in [-0.3, -0.25) is 4.79 Å². The maximum Gasteiger partial charge on any atom is 0.275 e. The van der Waals surface area contributed by atoms with Crippen molar-refractivity contribution < 1.29 is 4.79 Å². The molecule has 3 rings (SSSR count). The fourth-order valence-electron chi connectivity index (χ4n) is 1.99. The number of carbonyl (C=O) groups is 1. The third kappa shape index (κ3) is 2.38. The van der Waals surface area contributed by atoms with Gasteiger partial charge in [-0.2, -0.15) is 0 Å². The number of benzene rings is 1. The normalized spacial score (nSPS) is 10.7. The molecule has 0 bridgehead atoms. The van der Waals surface area contributed by atoms with E-state index in [2.05, 4.69) is 10.3 Å². The molecule has 1 N–H and O–H groups in total. The number of rotatable bonds is 2. The molecule has 0 unspecified atom stereocenters. The molecule has 1 aromatic carbocycles. The molecule has 0 fully saturated rings. The number of nitrogens with one attached hydrogen (secondary N) is 1. The molecule has 2 heterocycles. The highest BCUT2D eigenvalue weighted by Gasteiger charge is 2.11. The summed E-state index contributed by atoms with van der Waals surface area (Å²) in [7, 11) is 0. The van der Waals surface area contributed by atoms with Gasteiger partial charge in [0.2, 0.25) is 0 Å². The van der Waals surface area contributed by atoms with Gasteiger partial charge < -0.3 is 9.72 Å². The third-order valence-corrected chi connectivity index (χ3v) is 3.28. The number of carbonyl (C=O) groups excluding carboxylic acids is 1. The molecule has 0 aliphatic heterocycles. The van der Waals surface area contributed by atoms with E-state index in [1.54, 1.807) is 30.5 Å². The Morgan fingerprint density at radius 2 is 1.95 bits per heavy atom. The van der Waals surface area contributed by atoms with E-state index in [0.29, 0.717) is 16.4 Å². The first-order valence-corrected chi connectivity index (χ1v) is 6.53. The minimum absolute atomic E-state index is 0.240. The quantitative estimate of drug-likeness (QED) is 0.783. The second kappa shape index (κ2) is 4.98. The Hall–Kier alpha value is -2.33. The summed E-state index contributed by atoms with van der Waals surface area (Å²) in [5.74, 6) is -0.240. The largest absolute Gasteiger partial charge is 0.321 e. The first-order valence-electron chi connectivity index (χ1n) is 6.15. The van der Waals surface area contributed by atoms with E-state index in [4.69, 9.17) is 11.6 Å². The second-order valence-corrected chi connectivity index (χ2v) is 4.92. The summed E-state index contributed by atoms with van der Waals surface area (Å²) in [5.41, 5.74) is 2.86. The minimum atomic E-state index is -0.240. The maximum absolute atomic E-state index is 12.2. The van der Waals surface area contributed by atoms with Gasteiger partial charge in [0.1, 0.15) is 11.3 Å². The molecule has 0 spiro atoms. The Morgan fingerprint density at radius 3 is 2.65 bits per heavy atom. The van der Waals surface area contributed by atoms with Crippen molar-refractivity contribution in [3.8, 4) is 0 Å². The number of pyridine rings is 1. The monoisotopic (exact) mass is 285 g/mol. The summed E-state index contributed by atoms with van der Waals surface area (Å²) in [5, 5.41) is 3.42. The zero-order chi connectivity index (χ0) is 14.1. The van der Waals surface area contributed by atoms with Crippen LogP contribution in [0.15, 0.2) is 48.7 Å². The standard InChI is InChI=1S/C15H12ClN3O/c1-10-3-2-4-14-18-13(9-19(10)14)15(20)17-12-7-5-11(16)6-8-12/h2-9H,1H3,(H,17,20). The lowest BCUT2D eigenvalue weighted by Gasteiger charge is -2.02. The lowest BCUT2D eigenvalue weighted by atomic mass is 10.3. The Bertz CT molecular complexity index is 777. The number of imidazole rings is 1. The highest BCUT2D eigenvalue weighted by molar-refractivity contribution is 6.30. The zero-order valence-corrected chi connectivity index (χ0v) is 11.6. The summed E-state index contributed by atoms with van der Waals surface area (Å²) >= 11 is 5.81. The van der Waals surface area contributed by atoms with E-state index in [-0.39, 0.29) is 5.91 Å². The van der Waals surface area contributed by atoms with E-state index < -0.39 is 0 Å². The van der Waals surface area contributed by atoms with Crippen LogP contribution >= 0.6 is 11.6 Å². The van der Waals surface area contributed by atoms with Gasteiger partial charge in [-0.15, -0.1) is 0 Å². The predicted molar refractivity (Wildman–Crippen MR) is 79.3 cm³/mol. The minimum Gasteiger partial charge on any atom is -0.321 e. The summed E-state index contributed by atoms with van der Waals surface area (Å²) in [4.78, 5) is 16.5. The van der Waals surface area contributed by atoms with Crippen LogP contribution in [0.25, 0.3) is 5.65 Å². The second-order valence-electron chi connectivity index (χ2n) is 4.48. The van der Waals surface area contributed by atoms with Crippen LogP contribution in [0.5, 0.6) is 0 Å². The van der Waals surface area contributed by atoms with E-state index in [9.17, 15) is 4.79 Å². The number of aryl methyl sites for hydroxylation is 1. The molecule has 0 aliphatic carbocycles. The number of fused-ring (bicyclic) bond motifs is 1. The van der Waals surface area contributed by atoms with E-state index in [1.165, 1.54) is 0 Å². The van der Waals surface area contributed by atoms with E-state index in [0.717, 1.165) is 11.3 Å². The summed E-state index contributed by atoms with van der Waals surface area (Å²) in [6, 6.07) is 12.7. The molecule has 0 saturated carbocycles. The van der Waals surface area contributed by atoms with Gasteiger partial charge in [0.25, 0.3) is 5.91 Å². The lowest BCUT2D eigenvalue weighted by molar-refractivity contribution is 0.102. The highest BCUT2D eigenvalue weighted by Crippen LogP contribution is 2.15. The van der Waals surface area contributed by atoms with Crippen molar-refractivity contribution in [2.75, 3.05) is 5.32 Å². The van der Waals surface area contributed by atoms with Gasteiger partial charge in [-0.25, -0.2) is 4.98 Å². The van der Waals surface area contributed by atoms with Crippen molar-refractivity contribution >= 4 is 28.8 Å². The van der Waals surface area contributed by atoms with Crippen molar-refractivity contribution in [1.82, 2.24) is 9.38 Å². The third-order valence-electron chi connectivity index (χ3n) is 3.03. The van der Waals surface area contributed by atoms with Crippen LogP contribution in [0.4, 0.5) is 5.69 Å². The zero-order valence-electron chi connectivity index (χ0n) is 10.8. The molecule has 100 valence electrons. The van der Waals surface area contributed by atoms with Gasteiger partial charge in [0.15, 0.2) is 0 Å². The van der Waals surface area contributed by atoms with Crippen molar-refractivity contribution in [1.29, 1.82) is 0 Å². The topological polar surface area (TPSA) is 46.4 Å². The number of aromatic nitrogens is 2. The van der Waals surface area contributed by atoms with Gasteiger partial charge in [0.05, 0.1) is 0 Å². The van der Waals surface area contributed by atoms with Crippen LogP contribution in [0, 0.1) is 6.92 Å². The average Bonchev–Trinajstić information content (AvgIpc) is 2.87. The Morgan fingerprint density at radius 1 is 1.20 bits per heavy atom. The van der Waals surface area contributed by atoms with Crippen molar-refractivity contribution in [3.63, 3.8) is 0 Å². The van der Waals surface area contributed by atoms with Gasteiger partial charge >= 0.3 is 0 Å². The number of anilines is 1. The molecule has 5 heteroatoms. The van der Waals surface area contributed by atoms with Crippen LogP contribution in [-0.2, 0) is 0 Å². The summed E-state index contributed by atoms with van der Waals surface area (Å²) in [6.07, 6.45) is 1.73. The first kappa shape index (κ1) is 12.7. The Labute approximate surface area is 121 Å². The van der Waals surface area contributed by atoms with Crippen LogP contribution < -0.4 is 5.32 Å². The molecule has 0 atom stereocenters. The molecular weight excluding hydrogens is 274 g/mol. The molecule has 0 saturated heterocycles. The molecule has 4 nitrogen and oxygen atoms in total. The Balaban J connectivity index is 1.89. The fraction of sp³-hybridized carbons (Fsp3) is 0.0667. The predicted octanol–water partition coefficient (Wildman–Crippen LogP) is 3.55. The average molecular weight is 286 g/mol. The number of halogens is 1. The molecule has 0 radical (unpaired) electrons. The summed E-state index contributed by atoms with van der Waals surface area (Å²) < 4.78 is 1.89. The highest BCUT2D eigenvalue weighted by atomic mass is 35.5. The van der Waals surface area contributed by atoms with Crippen LogP contribution in [-0.4, -0.2) is 15.3 Å². The number of hydrogen-bond donors (Lipinski definition) is 1. The number of hydrogen-bond acceptors (Lipinski definition) is 2. The van der Waals surface area contributed by atoms with Crippen LogP contribution in [0.3, 0.4) is 0 Å². The maximum atomic E-state index is 12.2. The van der Waals surface area contributed by atoms with Crippen LogP contribution in [0.2, 0.25) is 5.02 Å². The number of nitrogens with zero attached hydrogens (tertiary/aromatic N) is 2. The smallest absolute Gasteiger partial charge is 0.275 e. The molecule has 2 aromatic heterocycles. The SMILES string of the molecule is Cc1cccc2nc(C(=O)Nc3ccc(Cl)cc3)cn12. The molecule has 3 aromatic rings.